The molecular formula is C15H20N4O2. The molecule has 0 unspecified atom stereocenters. The second-order valence-electron chi connectivity index (χ2n) is 5.49. The summed E-state index contributed by atoms with van der Waals surface area (Å²) in [5.41, 5.74) is 1.95. The quantitative estimate of drug-likeness (QED) is 0.924. The van der Waals surface area contributed by atoms with E-state index in [9.17, 15) is 4.79 Å². The highest BCUT2D eigenvalue weighted by Gasteiger charge is 2.31. The van der Waals surface area contributed by atoms with Crippen LogP contribution in [-0.4, -0.2) is 27.0 Å². The molecule has 6 nitrogen and oxygen atoms in total. The van der Waals surface area contributed by atoms with Gasteiger partial charge in [-0.15, -0.1) is 0 Å². The molecule has 0 aromatic carbocycles. The van der Waals surface area contributed by atoms with Gasteiger partial charge in [0.2, 0.25) is 0 Å². The maximum Gasteiger partial charge on any atom is 0.326 e. The average molecular weight is 288 g/mol. The van der Waals surface area contributed by atoms with Crippen molar-refractivity contribution in [3.05, 3.63) is 35.5 Å². The number of oxazole rings is 1. The van der Waals surface area contributed by atoms with Gasteiger partial charge >= 0.3 is 12.0 Å². The second kappa shape index (κ2) is 5.27. The van der Waals surface area contributed by atoms with Gasteiger partial charge in [0.25, 0.3) is 0 Å². The van der Waals surface area contributed by atoms with Crippen molar-refractivity contribution < 1.29 is 9.21 Å². The minimum atomic E-state index is -0.153. The van der Waals surface area contributed by atoms with Gasteiger partial charge in [0.15, 0.2) is 0 Å². The second-order valence-corrected chi connectivity index (χ2v) is 5.49. The van der Waals surface area contributed by atoms with E-state index in [4.69, 9.17) is 4.42 Å². The molecule has 21 heavy (non-hydrogen) atoms. The molecule has 2 aromatic rings. The lowest BCUT2D eigenvalue weighted by Gasteiger charge is -2.24. The van der Waals surface area contributed by atoms with Crippen molar-refractivity contribution in [1.82, 2.24) is 14.5 Å². The summed E-state index contributed by atoms with van der Waals surface area (Å²) >= 11 is 0. The topological polar surface area (TPSA) is 63.3 Å². The van der Waals surface area contributed by atoms with E-state index in [0.29, 0.717) is 0 Å². The van der Waals surface area contributed by atoms with Crippen LogP contribution in [0.25, 0.3) is 0 Å². The number of nitrogens with one attached hydrogen (secondary N) is 1. The Morgan fingerprint density at radius 2 is 2.29 bits per heavy atom. The number of hydrogen-bond donors (Lipinski definition) is 1. The molecular weight excluding hydrogens is 268 g/mol. The molecule has 3 rings (SSSR count). The van der Waals surface area contributed by atoms with E-state index in [1.807, 2.05) is 38.1 Å². The van der Waals surface area contributed by atoms with Crippen molar-refractivity contribution in [2.24, 2.45) is 7.05 Å². The van der Waals surface area contributed by atoms with E-state index < -0.39 is 0 Å². The van der Waals surface area contributed by atoms with E-state index in [0.717, 1.165) is 36.5 Å². The van der Waals surface area contributed by atoms with Crippen molar-refractivity contribution in [2.45, 2.75) is 32.7 Å². The first-order valence-electron chi connectivity index (χ1n) is 7.19. The molecule has 0 saturated carbocycles. The number of amides is 2. The lowest BCUT2D eigenvalue weighted by Crippen LogP contribution is -2.35. The number of anilines is 1. The van der Waals surface area contributed by atoms with Crippen molar-refractivity contribution in [1.29, 1.82) is 0 Å². The standard InChI is InChI=1S/C15H20N4O2/c1-10-11(2)21-14(16-10)17-15(20)19-9-5-7-13(19)12-6-4-8-18(12)3/h4,6,8,13H,5,7,9H2,1-3H3,(H,16,17,20)/t13-/m1/s1. The van der Waals surface area contributed by atoms with Gasteiger partial charge in [0.05, 0.1) is 11.7 Å². The molecule has 2 aromatic heterocycles. The summed E-state index contributed by atoms with van der Waals surface area (Å²) in [6, 6.07) is 4.30. The van der Waals surface area contributed by atoms with Gasteiger partial charge in [0, 0.05) is 25.5 Å². The van der Waals surface area contributed by atoms with Gasteiger partial charge in [-0.2, -0.15) is 4.98 Å². The van der Waals surface area contributed by atoms with E-state index >= 15 is 0 Å². The van der Waals surface area contributed by atoms with Crippen LogP contribution in [0, 0.1) is 13.8 Å². The van der Waals surface area contributed by atoms with Gasteiger partial charge in [-0.1, -0.05) is 0 Å². The Morgan fingerprint density at radius 1 is 1.48 bits per heavy atom. The summed E-state index contributed by atoms with van der Waals surface area (Å²) < 4.78 is 7.48. The normalized spacial score (nSPS) is 18.2. The summed E-state index contributed by atoms with van der Waals surface area (Å²) in [5.74, 6) is 0.728. The summed E-state index contributed by atoms with van der Waals surface area (Å²) in [6.07, 6.45) is 3.99. The maximum atomic E-state index is 12.5. The van der Waals surface area contributed by atoms with Crippen LogP contribution in [0.15, 0.2) is 22.7 Å². The number of carbonyl (C=O) groups is 1. The zero-order valence-electron chi connectivity index (χ0n) is 12.6. The number of rotatable bonds is 2. The summed E-state index contributed by atoms with van der Waals surface area (Å²) in [4.78, 5) is 18.5. The summed E-state index contributed by atoms with van der Waals surface area (Å²) in [7, 11) is 2.00. The zero-order chi connectivity index (χ0) is 15.0. The smallest absolute Gasteiger partial charge is 0.326 e. The van der Waals surface area contributed by atoms with Crippen LogP contribution in [0.3, 0.4) is 0 Å². The molecule has 0 bridgehead atoms. The molecule has 0 aliphatic carbocycles. The monoisotopic (exact) mass is 288 g/mol. The van der Waals surface area contributed by atoms with Gasteiger partial charge in [-0.05, 0) is 38.8 Å². The van der Waals surface area contributed by atoms with E-state index in [1.54, 1.807) is 0 Å². The number of aryl methyl sites for hydroxylation is 3. The Morgan fingerprint density at radius 3 is 2.90 bits per heavy atom. The van der Waals surface area contributed by atoms with Crippen LogP contribution < -0.4 is 5.32 Å². The van der Waals surface area contributed by atoms with Gasteiger partial charge in [-0.25, -0.2) is 4.79 Å². The predicted octanol–water partition coefficient (Wildman–Crippen LogP) is 3.00. The number of hydrogen-bond acceptors (Lipinski definition) is 3. The lowest BCUT2D eigenvalue weighted by molar-refractivity contribution is 0.204. The van der Waals surface area contributed by atoms with Crippen LogP contribution in [0.2, 0.25) is 0 Å². The molecule has 1 aliphatic heterocycles. The summed E-state index contributed by atoms with van der Waals surface area (Å²) in [6.45, 7) is 4.44. The van der Waals surface area contributed by atoms with Crippen LogP contribution in [0.4, 0.5) is 10.8 Å². The first-order chi connectivity index (χ1) is 10.1. The highest BCUT2D eigenvalue weighted by atomic mass is 16.4. The molecule has 1 aliphatic rings. The highest BCUT2D eigenvalue weighted by molar-refractivity contribution is 5.87. The fourth-order valence-electron chi connectivity index (χ4n) is 2.83. The Bertz CT molecular complexity index is 639. The molecule has 1 N–H and O–H groups in total. The third-order valence-corrected chi connectivity index (χ3v) is 4.08. The largest absolute Gasteiger partial charge is 0.428 e. The Balaban J connectivity index is 1.76. The lowest BCUT2D eigenvalue weighted by atomic mass is 10.1. The SMILES string of the molecule is Cc1nc(NC(=O)N2CCC[C@@H]2c2cccn2C)oc1C. The fraction of sp³-hybridized carbons (Fsp3) is 0.467. The minimum Gasteiger partial charge on any atom is -0.428 e. The molecule has 3 heterocycles. The van der Waals surface area contributed by atoms with Crippen LogP contribution in [-0.2, 0) is 7.05 Å². The average Bonchev–Trinajstić information content (AvgIpc) is 3.11. The predicted molar refractivity (Wildman–Crippen MR) is 79.1 cm³/mol. The fourth-order valence-corrected chi connectivity index (χ4v) is 2.83. The number of urea groups is 1. The van der Waals surface area contributed by atoms with Crippen LogP contribution in [0.1, 0.15) is 36.0 Å². The van der Waals surface area contributed by atoms with Crippen molar-refractivity contribution in [2.75, 3.05) is 11.9 Å². The van der Waals surface area contributed by atoms with Crippen LogP contribution >= 0.6 is 0 Å². The third-order valence-electron chi connectivity index (χ3n) is 4.08. The third kappa shape index (κ3) is 2.53. The molecule has 1 saturated heterocycles. The Labute approximate surface area is 123 Å². The van der Waals surface area contributed by atoms with Crippen molar-refractivity contribution >= 4 is 12.0 Å². The molecule has 6 heteroatoms. The number of carbonyl (C=O) groups excluding carboxylic acids is 1. The van der Waals surface area contributed by atoms with Crippen molar-refractivity contribution in [3.8, 4) is 0 Å². The Hall–Kier alpha value is -2.24. The molecule has 112 valence electrons. The first-order valence-corrected chi connectivity index (χ1v) is 7.19. The molecule has 0 radical (unpaired) electrons. The zero-order valence-corrected chi connectivity index (χ0v) is 12.6. The van der Waals surface area contributed by atoms with E-state index in [2.05, 4.69) is 20.9 Å². The van der Waals surface area contributed by atoms with E-state index in [1.165, 1.54) is 0 Å². The van der Waals surface area contributed by atoms with Gasteiger partial charge in [0.1, 0.15) is 5.76 Å². The molecule has 1 fully saturated rings. The number of nitrogens with zero attached hydrogens (tertiary/aromatic N) is 3. The van der Waals surface area contributed by atoms with Gasteiger partial charge < -0.3 is 13.9 Å². The summed E-state index contributed by atoms with van der Waals surface area (Å²) in [5, 5.41) is 2.76. The first kappa shape index (κ1) is 13.7. The van der Waals surface area contributed by atoms with Crippen LogP contribution in [0.5, 0.6) is 0 Å². The van der Waals surface area contributed by atoms with E-state index in [-0.39, 0.29) is 18.1 Å². The van der Waals surface area contributed by atoms with Gasteiger partial charge in [-0.3, -0.25) is 5.32 Å². The maximum absolute atomic E-state index is 12.5. The number of aromatic nitrogens is 2. The molecule has 2 amide bonds. The van der Waals surface area contributed by atoms with Crippen molar-refractivity contribution in [3.63, 3.8) is 0 Å². The molecule has 1 atom stereocenters. The number of likely N-dealkylation sites (tertiary alicyclic amines) is 1. The molecule has 0 spiro atoms. The minimum absolute atomic E-state index is 0.113. The highest BCUT2D eigenvalue weighted by Crippen LogP contribution is 2.32. The Kier molecular flexibility index (Phi) is 3.45.